The van der Waals surface area contributed by atoms with Crippen molar-refractivity contribution in [3.05, 3.63) is 30.1 Å². The SMILES string of the molecule is CSCCC(CN)N(C)c1ccccc1F. The topological polar surface area (TPSA) is 29.3 Å². The molecule has 1 unspecified atom stereocenters. The highest BCUT2D eigenvalue weighted by Gasteiger charge is 2.15. The van der Waals surface area contributed by atoms with Gasteiger partial charge in [-0.25, -0.2) is 4.39 Å². The number of anilines is 1. The lowest BCUT2D eigenvalue weighted by atomic mass is 10.1. The van der Waals surface area contributed by atoms with Crippen molar-refractivity contribution in [2.24, 2.45) is 5.73 Å². The third-order valence-corrected chi connectivity index (χ3v) is 3.35. The van der Waals surface area contributed by atoms with Gasteiger partial charge in [0.2, 0.25) is 0 Å². The average molecular weight is 242 g/mol. The minimum absolute atomic E-state index is 0.187. The number of para-hydroxylation sites is 1. The summed E-state index contributed by atoms with van der Waals surface area (Å²) in [4.78, 5) is 1.94. The Bertz CT molecular complexity index is 320. The number of hydrogen-bond donors (Lipinski definition) is 1. The van der Waals surface area contributed by atoms with Crippen LogP contribution in [0.5, 0.6) is 0 Å². The predicted octanol–water partition coefficient (Wildman–Crippen LogP) is 2.34. The first-order valence-electron chi connectivity index (χ1n) is 5.37. The van der Waals surface area contributed by atoms with Gasteiger partial charge in [-0.3, -0.25) is 0 Å². The average Bonchev–Trinajstić information content (AvgIpc) is 2.30. The molecule has 0 radical (unpaired) electrons. The van der Waals surface area contributed by atoms with Gasteiger partial charge < -0.3 is 10.6 Å². The van der Waals surface area contributed by atoms with Crippen LogP contribution in [0.15, 0.2) is 24.3 Å². The zero-order valence-corrected chi connectivity index (χ0v) is 10.6. The maximum atomic E-state index is 13.6. The summed E-state index contributed by atoms with van der Waals surface area (Å²) in [5.74, 6) is 0.855. The van der Waals surface area contributed by atoms with Crippen molar-refractivity contribution in [3.8, 4) is 0 Å². The molecule has 0 spiro atoms. The van der Waals surface area contributed by atoms with Crippen LogP contribution in [0.1, 0.15) is 6.42 Å². The minimum atomic E-state index is -0.187. The van der Waals surface area contributed by atoms with E-state index in [0.717, 1.165) is 12.2 Å². The van der Waals surface area contributed by atoms with Crippen LogP contribution in [0, 0.1) is 5.82 Å². The number of nitrogens with two attached hydrogens (primary N) is 1. The zero-order valence-electron chi connectivity index (χ0n) is 9.82. The smallest absolute Gasteiger partial charge is 0.146 e. The molecule has 4 heteroatoms. The van der Waals surface area contributed by atoms with Crippen molar-refractivity contribution in [3.63, 3.8) is 0 Å². The summed E-state index contributed by atoms with van der Waals surface area (Å²) >= 11 is 1.79. The molecule has 0 aliphatic carbocycles. The lowest BCUT2D eigenvalue weighted by Gasteiger charge is -2.29. The standard InChI is InChI=1S/C12H19FN2S/c1-15(10(9-14)7-8-16-2)12-6-4-3-5-11(12)13/h3-6,10H,7-9,14H2,1-2H3. The molecule has 1 rings (SSSR count). The van der Waals surface area contributed by atoms with Gasteiger partial charge >= 0.3 is 0 Å². The Morgan fingerprint density at radius 2 is 2.12 bits per heavy atom. The molecule has 0 amide bonds. The lowest BCUT2D eigenvalue weighted by molar-refractivity contribution is 0.585. The summed E-state index contributed by atoms with van der Waals surface area (Å²) in [6.45, 7) is 0.547. The molecule has 1 aromatic rings. The van der Waals surface area contributed by atoms with Crippen LogP contribution in [0.25, 0.3) is 0 Å². The molecule has 0 bridgehead atoms. The Hall–Kier alpha value is -0.740. The van der Waals surface area contributed by atoms with E-state index in [4.69, 9.17) is 5.73 Å². The summed E-state index contributed by atoms with van der Waals surface area (Å²) < 4.78 is 13.6. The Kier molecular flexibility index (Phi) is 5.63. The Morgan fingerprint density at radius 3 is 2.69 bits per heavy atom. The first-order valence-corrected chi connectivity index (χ1v) is 6.76. The van der Waals surface area contributed by atoms with Gasteiger partial charge in [0.15, 0.2) is 0 Å². The molecule has 1 atom stereocenters. The van der Waals surface area contributed by atoms with E-state index in [1.54, 1.807) is 23.9 Å². The molecule has 0 saturated heterocycles. The van der Waals surface area contributed by atoms with Crippen molar-refractivity contribution < 1.29 is 4.39 Å². The van der Waals surface area contributed by atoms with Gasteiger partial charge in [-0.1, -0.05) is 12.1 Å². The molecule has 2 nitrogen and oxygen atoms in total. The third kappa shape index (κ3) is 3.39. The van der Waals surface area contributed by atoms with E-state index in [0.29, 0.717) is 12.2 Å². The summed E-state index contributed by atoms with van der Waals surface area (Å²) in [5.41, 5.74) is 6.35. The molecule has 1 aromatic carbocycles. The number of rotatable bonds is 6. The normalized spacial score (nSPS) is 12.5. The number of likely N-dealkylation sites (N-methyl/N-ethyl adjacent to an activating group) is 1. The second-order valence-corrected chi connectivity index (χ2v) is 4.72. The zero-order chi connectivity index (χ0) is 12.0. The van der Waals surface area contributed by atoms with E-state index in [1.807, 2.05) is 18.0 Å². The quantitative estimate of drug-likeness (QED) is 0.830. The molecular weight excluding hydrogens is 223 g/mol. The van der Waals surface area contributed by atoms with Crippen molar-refractivity contribution in [2.75, 3.05) is 30.5 Å². The number of thioether (sulfide) groups is 1. The second-order valence-electron chi connectivity index (χ2n) is 3.73. The number of nitrogens with zero attached hydrogens (tertiary/aromatic N) is 1. The molecule has 0 aliphatic heterocycles. The molecule has 16 heavy (non-hydrogen) atoms. The number of hydrogen-bond acceptors (Lipinski definition) is 3. The van der Waals surface area contributed by atoms with Crippen molar-refractivity contribution >= 4 is 17.4 Å². The largest absolute Gasteiger partial charge is 0.368 e. The Morgan fingerprint density at radius 1 is 1.44 bits per heavy atom. The van der Waals surface area contributed by atoms with Gasteiger partial charge in [0.25, 0.3) is 0 Å². The van der Waals surface area contributed by atoms with Gasteiger partial charge in [0.05, 0.1) is 5.69 Å². The van der Waals surface area contributed by atoms with Crippen molar-refractivity contribution in [1.82, 2.24) is 0 Å². The first kappa shape index (κ1) is 13.3. The van der Waals surface area contributed by atoms with Crippen LogP contribution in [0.2, 0.25) is 0 Å². The van der Waals surface area contributed by atoms with Crippen LogP contribution in [0.3, 0.4) is 0 Å². The van der Waals surface area contributed by atoms with Crippen LogP contribution in [-0.2, 0) is 0 Å². The fourth-order valence-electron chi connectivity index (χ4n) is 1.66. The van der Waals surface area contributed by atoms with Gasteiger partial charge in [0.1, 0.15) is 5.82 Å². The van der Waals surface area contributed by atoms with Crippen LogP contribution < -0.4 is 10.6 Å². The molecule has 0 saturated carbocycles. The first-order chi connectivity index (χ1) is 7.70. The van der Waals surface area contributed by atoms with Gasteiger partial charge in [-0.15, -0.1) is 0 Å². The van der Waals surface area contributed by atoms with Gasteiger partial charge in [-0.2, -0.15) is 11.8 Å². The van der Waals surface area contributed by atoms with E-state index in [1.165, 1.54) is 6.07 Å². The maximum Gasteiger partial charge on any atom is 0.146 e. The van der Waals surface area contributed by atoms with E-state index in [9.17, 15) is 4.39 Å². The molecule has 0 aliphatic rings. The molecule has 0 aromatic heterocycles. The van der Waals surface area contributed by atoms with Crippen LogP contribution in [-0.4, -0.2) is 31.6 Å². The summed E-state index contributed by atoms with van der Waals surface area (Å²) in [6, 6.07) is 7.01. The Balaban J connectivity index is 2.74. The molecule has 0 heterocycles. The summed E-state index contributed by atoms with van der Waals surface area (Å²) in [5, 5.41) is 0. The maximum absolute atomic E-state index is 13.6. The number of halogens is 1. The van der Waals surface area contributed by atoms with Crippen LogP contribution >= 0.6 is 11.8 Å². The summed E-state index contributed by atoms with van der Waals surface area (Å²) in [6.07, 6.45) is 3.04. The van der Waals surface area contributed by atoms with Gasteiger partial charge in [0, 0.05) is 19.6 Å². The van der Waals surface area contributed by atoms with Gasteiger partial charge in [-0.05, 0) is 30.6 Å². The fourth-order valence-corrected chi connectivity index (χ4v) is 2.17. The summed E-state index contributed by atoms with van der Waals surface area (Å²) in [7, 11) is 1.90. The molecule has 90 valence electrons. The Labute approximate surface area is 101 Å². The van der Waals surface area contributed by atoms with E-state index >= 15 is 0 Å². The van der Waals surface area contributed by atoms with E-state index in [2.05, 4.69) is 6.26 Å². The third-order valence-electron chi connectivity index (χ3n) is 2.71. The highest BCUT2D eigenvalue weighted by Crippen LogP contribution is 2.20. The minimum Gasteiger partial charge on any atom is -0.368 e. The molecule has 0 fully saturated rings. The highest BCUT2D eigenvalue weighted by molar-refractivity contribution is 7.98. The molecule has 2 N–H and O–H groups in total. The van der Waals surface area contributed by atoms with Crippen molar-refractivity contribution in [2.45, 2.75) is 12.5 Å². The van der Waals surface area contributed by atoms with Crippen LogP contribution in [0.4, 0.5) is 10.1 Å². The van der Waals surface area contributed by atoms with Crippen molar-refractivity contribution in [1.29, 1.82) is 0 Å². The lowest BCUT2D eigenvalue weighted by Crippen LogP contribution is -2.38. The number of benzene rings is 1. The van der Waals surface area contributed by atoms with E-state index < -0.39 is 0 Å². The fraction of sp³-hybridized carbons (Fsp3) is 0.500. The predicted molar refractivity (Wildman–Crippen MR) is 70.6 cm³/mol. The van der Waals surface area contributed by atoms with E-state index in [-0.39, 0.29) is 11.9 Å². The molecular formula is C12H19FN2S. The monoisotopic (exact) mass is 242 g/mol. The second kappa shape index (κ2) is 6.76. The highest BCUT2D eigenvalue weighted by atomic mass is 32.2.